The van der Waals surface area contributed by atoms with Crippen molar-refractivity contribution in [1.82, 2.24) is 0 Å². The van der Waals surface area contributed by atoms with Gasteiger partial charge in [-0.3, -0.25) is 9.59 Å². The van der Waals surface area contributed by atoms with Crippen molar-refractivity contribution >= 4 is 33.4 Å². The van der Waals surface area contributed by atoms with Crippen LogP contribution in [0, 0.1) is 18.8 Å². The van der Waals surface area contributed by atoms with E-state index < -0.39 is 5.41 Å². The van der Waals surface area contributed by atoms with Gasteiger partial charge >= 0.3 is 0 Å². The van der Waals surface area contributed by atoms with E-state index in [1.165, 1.54) is 27.2 Å². The lowest BCUT2D eigenvalue weighted by Crippen LogP contribution is -2.53. The number of nitrogens with zero attached hydrogens (tertiary/aromatic N) is 1. The van der Waals surface area contributed by atoms with Crippen LogP contribution in [0.5, 0.6) is 0 Å². The summed E-state index contributed by atoms with van der Waals surface area (Å²) in [5.41, 5.74) is 6.09. The van der Waals surface area contributed by atoms with E-state index in [0.717, 1.165) is 16.5 Å². The van der Waals surface area contributed by atoms with E-state index >= 15 is 0 Å². The Hall–Kier alpha value is -2.72. The number of amides is 2. The summed E-state index contributed by atoms with van der Waals surface area (Å²) in [5.74, 6) is -0.989. The molecule has 0 saturated carbocycles. The summed E-state index contributed by atoms with van der Waals surface area (Å²) in [5, 5.41) is 0. The smallest absolute Gasteiger partial charge is 0.239 e. The number of benzene rings is 3. The van der Waals surface area contributed by atoms with Crippen molar-refractivity contribution in [3.05, 3.63) is 99.0 Å². The van der Waals surface area contributed by atoms with Gasteiger partial charge in [0.1, 0.15) is 0 Å². The van der Waals surface area contributed by atoms with Crippen LogP contribution in [0.25, 0.3) is 0 Å². The number of hydrogen-bond acceptors (Lipinski definition) is 2. The van der Waals surface area contributed by atoms with E-state index in [0.29, 0.717) is 5.69 Å². The van der Waals surface area contributed by atoms with Crippen molar-refractivity contribution in [2.75, 3.05) is 4.90 Å². The Bertz CT molecular complexity index is 1230. The highest BCUT2D eigenvalue weighted by atomic mass is 79.9. The van der Waals surface area contributed by atoms with Gasteiger partial charge in [-0.25, -0.2) is 4.90 Å². The van der Waals surface area contributed by atoms with Crippen LogP contribution in [-0.4, -0.2) is 11.8 Å². The molecular formula is C27H22BrNO2. The predicted molar refractivity (Wildman–Crippen MR) is 124 cm³/mol. The molecule has 4 aliphatic rings. The minimum Gasteiger partial charge on any atom is -0.274 e. The highest BCUT2D eigenvalue weighted by Gasteiger charge is 2.67. The number of anilines is 1. The van der Waals surface area contributed by atoms with Crippen LogP contribution < -0.4 is 4.90 Å². The fourth-order valence-electron chi connectivity index (χ4n) is 6.56. The van der Waals surface area contributed by atoms with E-state index in [1.54, 1.807) is 0 Å². The number of aryl methyl sites for hydroxylation is 1. The first-order valence-electron chi connectivity index (χ1n) is 10.8. The molecule has 1 heterocycles. The van der Waals surface area contributed by atoms with Gasteiger partial charge in [0.05, 0.1) is 17.5 Å². The lowest BCUT2D eigenvalue weighted by molar-refractivity contribution is -0.123. The third kappa shape index (κ3) is 2.19. The molecule has 4 heteroatoms. The molecule has 31 heavy (non-hydrogen) atoms. The molecule has 1 aliphatic heterocycles. The Morgan fingerprint density at radius 3 is 2.10 bits per heavy atom. The van der Waals surface area contributed by atoms with Gasteiger partial charge in [-0.1, -0.05) is 61.5 Å². The van der Waals surface area contributed by atoms with Gasteiger partial charge in [0.25, 0.3) is 0 Å². The van der Waals surface area contributed by atoms with E-state index in [1.807, 2.05) is 25.1 Å². The molecule has 3 aromatic rings. The van der Waals surface area contributed by atoms with Gasteiger partial charge in [-0.15, -0.1) is 0 Å². The third-order valence-electron chi connectivity index (χ3n) is 7.70. The van der Waals surface area contributed by atoms with Crippen LogP contribution in [0.2, 0.25) is 0 Å². The molecule has 1 saturated heterocycles. The van der Waals surface area contributed by atoms with Gasteiger partial charge in [-0.05, 0) is 69.2 Å². The Morgan fingerprint density at radius 1 is 0.903 bits per heavy atom. The van der Waals surface area contributed by atoms with E-state index in [-0.39, 0.29) is 29.6 Å². The summed E-state index contributed by atoms with van der Waals surface area (Å²) in [7, 11) is 0. The minimum absolute atomic E-state index is 0.0737. The summed E-state index contributed by atoms with van der Waals surface area (Å²) < 4.78 is 0.778. The molecule has 2 amide bonds. The SMILES string of the molecule is CCC12c3ccccc3C(c3ccccc31)[C@@H]1C(=O)N(c3ccc(C)cc3Br)C(=O)[C@@H]12. The summed E-state index contributed by atoms with van der Waals surface area (Å²) in [6.45, 7) is 4.15. The largest absolute Gasteiger partial charge is 0.274 e. The first-order chi connectivity index (χ1) is 15.0. The number of carbonyl (C=O) groups excluding carboxylic acids is 2. The van der Waals surface area contributed by atoms with E-state index in [4.69, 9.17) is 0 Å². The molecule has 0 unspecified atom stereocenters. The van der Waals surface area contributed by atoms with E-state index in [9.17, 15) is 9.59 Å². The monoisotopic (exact) mass is 471 g/mol. The second-order valence-corrected chi connectivity index (χ2v) is 9.80. The lowest BCUT2D eigenvalue weighted by atomic mass is 9.46. The zero-order chi connectivity index (χ0) is 21.5. The van der Waals surface area contributed by atoms with Crippen molar-refractivity contribution in [3.8, 4) is 0 Å². The van der Waals surface area contributed by atoms with Crippen molar-refractivity contribution in [1.29, 1.82) is 0 Å². The molecule has 1 fully saturated rings. The third-order valence-corrected chi connectivity index (χ3v) is 8.33. The van der Waals surface area contributed by atoms with Gasteiger partial charge in [-0.2, -0.15) is 0 Å². The summed E-state index contributed by atoms with van der Waals surface area (Å²) in [6, 6.07) is 22.7. The molecule has 0 spiro atoms. The fourth-order valence-corrected chi connectivity index (χ4v) is 7.23. The van der Waals surface area contributed by atoms with Crippen LogP contribution in [0.3, 0.4) is 0 Å². The van der Waals surface area contributed by atoms with Crippen molar-refractivity contribution in [2.45, 2.75) is 31.6 Å². The molecule has 2 atom stereocenters. The second kappa shape index (κ2) is 6.39. The molecule has 2 bridgehead atoms. The van der Waals surface area contributed by atoms with Gasteiger partial charge in [0.2, 0.25) is 11.8 Å². The van der Waals surface area contributed by atoms with Crippen molar-refractivity contribution in [2.24, 2.45) is 11.8 Å². The minimum atomic E-state index is -0.481. The van der Waals surface area contributed by atoms with Crippen LogP contribution in [0.15, 0.2) is 71.2 Å². The highest BCUT2D eigenvalue weighted by molar-refractivity contribution is 9.10. The Kier molecular flexibility index (Phi) is 3.92. The number of carbonyl (C=O) groups is 2. The highest BCUT2D eigenvalue weighted by Crippen LogP contribution is 2.65. The van der Waals surface area contributed by atoms with E-state index in [2.05, 4.69) is 71.4 Å². The molecule has 0 aromatic heterocycles. The quantitative estimate of drug-likeness (QED) is 0.448. The number of rotatable bonds is 2. The topological polar surface area (TPSA) is 37.4 Å². The molecular weight excluding hydrogens is 450 g/mol. The average molecular weight is 472 g/mol. The average Bonchev–Trinajstić information content (AvgIpc) is 3.05. The van der Waals surface area contributed by atoms with Gasteiger partial charge in [0.15, 0.2) is 0 Å². The first kappa shape index (κ1) is 19.0. The first-order valence-corrected chi connectivity index (χ1v) is 11.6. The maximum atomic E-state index is 14.0. The zero-order valence-corrected chi connectivity index (χ0v) is 19.0. The Labute approximate surface area is 190 Å². The van der Waals surface area contributed by atoms with Crippen molar-refractivity contribution in [3.63, 3.8) is 0 Å². The number of hydrogen-bond donors (Lipinski definition) is 0. The summed E-state index contributed by atoms with van der Waals surface area (Å²) >= 11 is 3.60. The maximum absolute atomic E-state index is 14.0. The fraction of sp³-hybridized carbons (Fsp3) is 0.259. The molecule has 154 valence electrons. The normalized spacial score (nSPS) is 27.8. The van der Waals surface area contributed by atoms with Gasteiger partial charge in [0, 0.05) is 15.8 Å². The summed E-state index contributed by atoms with van der Waals surface area (Å²) in [6.07, 6.45) is 0.775. The van der Waals surface area contributed by atoms with Crippen LogP contribution in [0.1, 0.15) is 47.1 Å². The Morgan fingerprint density at radius 2 is 1.52 bits per heavy atom. The lowest BCUT2D eigenvalue weighted by Gasteiger charge is -2.54. The number of halogens is 1. The van der Waals surface area contributed by atoms with Crippen LogP contribution in [0.4, 0.5) is 5.69 Å². The molecule has 3 nitrogen and oxygen atoms in total. The standard InChI is InChI=1S/C27H22BrNO2/c1-3-27-18-10-6-4-8-16(18)22(17-9-5-7-11-19(17)27)23-24(27)26(31)29(25(23)30)21-13-12-15(2)14-20(21)28/h4-14,22-24H,3H2,1-2H3/t22?,23-,24+,27?/m0/s1. The Balaban J connectivity index is 1.64. The maximum Gasteiger partial charge on any atom is 0.239 e. The molecule has 0 N–H and O–H groups in total. The zero-order valence-electron chi connectivity index (χ0n) is 17.4. The van der Waals surface area contributed by atoms with Crippen LogP contribution in [-0.2, 0) is 15.0 Å². The van der Waals surface area contributed by atoms with Crippen LogP contribution >= 0.6 is 15.9 Å². The molecule has 7 rings (SSSR count). The predicted octanol–water partition coefficient (Wildman–Crippen LogP) is 5.72. The van der Waals surface area contributed by atoms with Gasteiger partial charge < -0.3 is 0 Å². The number of imide groups is 1. The molecule has 3 aromatic carbocycles. The second-order valence-electron chi connectivity index (χ2n) is 8.95. The van der Waals surface area contributed by atoms with Crippen molar-refractivity contribution < 1.29 is 9.59 Å². The molecule has 0 radical (unpaired) electrons. The summed E-state index contributed by atoms with van der Waals surface area (Å²) in [4.78, 5) is 29.4. The molecule has 3 aliphatic carbocycles.